The Kier molecular flexibility index (Phi) is 6.56. The van der Waals surface area contributed by atoms with Gasteiger partial charge in [0.05, 0.1) is 12.0 Å². The number of halogens is 3. The number of nitrogens with zero attached hydrogens (tertiary/aromatic N) is 1. The molecule has 1 aliphatic heterocycles. The number of alkyl halides is 3. The highest BCUT2D eigenvalue weighted by Crippen LogP contribution is 2.29. The first-order valence-electron chi connectivity index (χ1n) is 9.64. The molecule has 3 rings (SSSR count). The molecule has 0 radical (unpaired) electrons. The highest BCUT2D eigenvalue weighted by molar-refractivity contribution is 5.94. The first kappa shape index (κ1) is 20.9. The minimum atomic E-state index is -4.43. The van der Waals surface area contributed by atoms with Crippen molar-refractivity contribution in [1.29, 1.82) is 0 Å². The van der Waals surface area contributed by atoms with Crippen LogP contribution in [0.2, 0.25) is 0 Å². The maximum absolute atomic E-state index is 12.8. The molecule has 0 unspecified atom stereocenters. The van der Waals surface area contributed by atoms with Gasteiger partial charge in [-0.05, 0) is 48.6 Å². The summed E-state index contributed by atoms with van der Waals surface area (Å²) in [6.07, 6.45) is -1.35. The summed E-state index contributed by atoms with van der Waals surface area (Å²) in [6, 6.07) is 11.8. The van der Waals surface area contributed by atoms with Gasteiger partial charge in [0.15, 0.2) is 0 Å². The van der Waals surface area contributed by atoms with E-state index in [-0.39, 0.29) is 24.8 Å². The molecule has 29 heavy (non-hydrogen) atoms. The molecule has 1 aliphatic rings. The van der Waals surface area contributed by atoms with Gasteiger partial charge in [0.1, 0.15) is 0 Å². The van der Waals surface area contributed by atoms with Crippen molar-refractivity contribution in [2.75, 3.05) is 13.1 Å². The maximum atomic E-state index is 12.8. The Morgan fingerprint density at radius 3 is 2.28 bits per heavy atom. The van der Waals surface area contributed by atoms with Crippen molar-refractivity contribution in [3.05, 3.63) is 70.8 Å². The molecule has 0 spiro atoms. The molecule has 0 atom stereocenters. The third-order valence-electron chi connectivity index (χ3n) is 4.95. The van der Waals surface area contributed by atoms with Crippen LogP contribution in [0.15, 0.2) is 48.5 Å². The van der Waals surface area contributed by atoms with Gasteiger partial charge in [-0.25, -0.2) is 0 Å². The molecule has 0 aliphatic carbocycles. The topological polar surface area (TPSA) is 49.4 Å². The van der Waals surface area contributed by atoms with E-state index in [1.807, 2.05) is 4.90 Å². The maximum Gasteiger partial charge on any atom is 0.416 e. The molecular formula is C22H23F3N2O2. The van der Waals surface area contributed by atoms with Crippen LogP contribution in [0.4, 0.5) is 13.2 Å². The molecule has 0 bridgehead atoms. The van der Waals surface area contributed by atoms with E-state index >= 15 is 0 Å². The van der Waals surface area contributed by atoms with E-state index in [9.17, 15) is 22.8 Å². The van der Waals surface area contributed by atoms with Gasteiger partial charge >= 0.3 is 6.18 Å². The first-order chi connectivity index (χ1) is 13.8. The zero-order valence-electron chi connectivity index (χ0n) is 16.0. The smallest absolute Gasteiger partial charge is 0.352 e. The highest BCUT2D eigenvalue weighted by atomic mass is 19.4. The molecule has 7 heteroatoms. The molecule has 1 N–H and O–H groups in total. The van der Waals surface area contributed by atoms with Crippen LogP contribution in [-0.2, 0) is 23.9 Å². The lowest BCUT2D eigenvalue weighted by Crippen LogP contribution is -2.35. The van der Waals surface area contributed by atoms with E-state index in [1.165, 1.54) is 12.1 Å². The van der Waals surface area contributed by atoms with Gasteiger partial charge in [0.2, 0.25) is 5.91 Å². The average molecular weight is 404 g/mol. The number of rotatable bonds is 5. The van der Waals surface area contributed by atoms with E-state index in [4.69, 9.17) is 0 Å². The summed E-state index contributed by atoms with van der Waals surface area (Å²) in [5, 5.41) is 2.70. The van der Waals surface area contributed by atoms with Crippen molar-refractivity contribution in [3.63, 3.8) is 0 Å². The fraction of sp³-hybridized carbons (Fsp3) is 0.364. The second-order valence-corrected chi connectivity index (χ2v) is 7.20. The van der Waals surface area contributed by atoms with Crippen molar-refractivity contribution in [2.24, 2.45) is 0 Å². The van der Waals surface area contributed by atoms with Crippen LogP contribution in [0.25, 0.3) is 0 Å². The Morgan fingerprint density at radius 1 is 0.931 bits per heavy atom. The predicted octanol–water partition coefficient (Wildman–Crippen LogP) is 4.19. The van der Waals surface area contributed by atoms with Crippen LogP contribution >= 0.6 is 0 Å². The quantitative estimate of drug-likeness (QED) is 0.812. The molecular weight excluding hydrogens is 381 g/mol. The van der Waals surface area contributed by atoms with Crippen LogP contribution < -0.4 is 5.32 Å². The Balaban J connectivity index is 1.52. The lowest BCUT2D eigenvalue weighted by Gasteiger charge is -2.26. The van der Waals surface area contributed by atoms with Crippen LogP contribution in [0.1, 0.15) is 46.3 Å². The number of likely N-dealkylation sites (tertiary alicyclic amines) is 1. The van der Waals surface area contributed by atoms with E-state index < -0.39 is 11.7 Å². The molecule has 0 saturated carbocycles. The van der Waals surface area contributed by atoms with Crippen molar-refractivity contribution in [1.82, 2.24) is 10.2 Å². The van der Waals surface area contributed by atoms with Gasteiger partial charge in [0.25, 0.3) is 5.91 Å². The molecule has 154 valence electrons. The van der Waals surface area contributed by atoms with Crippen LogP contribution in [0.5, 0.6) is 0 Å². The average Bonchev–Trinajstić information content (AvgIpc) is 2.72. The number of nitrogens with one attached hydrogen (secondary N) is 1. The molecule has 4 nitrogen and oxygen atoms in total. The van der Waals surface area contributed by atoms with Gasteiger partial charge in [-0.3, -0.25) is 9.59 Å². The third kappa shape index (κ3) is 5.82. The molecule has 1 heterocycles. The summed E-state index contributed by atoms with van der Waals surface area (Å²) in [6.45, 7) is 1.81. The summed E-state index contributed by atoms with van der Waals surface area (Å²) in [4.78, 5) is 26.4. The summed E-state index contributed by atoms with van der Waals surface area (Å²) in [7, 11) is 0. The monoisotopic (exact) mass is 404 g/mol. The van der Waals surface area contributed by atoms with Gasteiger partial charge in [-0.1, -0.05) is 30.3 Å². The van der Waals surface area contributed by atoms with Gasteiger partial charge < -0.3 is 10.2 Å². The number of hydrogen-bond donors (Lipinski definition) is 1. The largest absolute Gasteiger partial charge is 0.416 e. The SMILES string of the molecule is O=C(Cc1cccc(C(F)(F)F)c1)NCc1ccc(C(=O)N2CCCCC2)cc1. The number of carbonyl (C=O) groups is 2. The van der Waals surface area contributed by atoms with Gasteiger partial charge in [-0.2, -0.15) is 13.2 Å². The van der Waals surface area contributed by atoms with E-state index in [1.54, 1.807) is 24.3 Å². The predicted molar refractivity (Wildman–Crippen MR) is 103 cm³/mol. The first-order valence-corrected chi connectivity index (χ1v) is 9.64. The fourth-order valence-electron chi connectivity index (χ4n) is 3.35. The molecule has 1 saturated heterocycles. The van der Waals surface area contributed by atoms with Crippen LogP contribution in [0.3, 0.4) is 0 Å². The van der Waals surface area contributed by atoms with Gasteiger partial charge in [0, 0.05) is 25.2 Å². The zero-order chi connectivity index (χ0) is 20.9. The molecule has 2 aromatic rings. The minimum absolute atomic E-state index is 0.0184. The molecule has 0 aromatic heterocycles. The zero-order valence-corrected chi connectivity index (χ0v) is 16.0. The number of piperidine rings is 1. The van der Waals surface area contributed by atoms with Crippen molar-refractivity contribution in [2.45, 2.75) is 38.4 Å². The number of amides is 2. The summed E-state index contributed by atoms with van der Waals surface area (Å²) < 4.78 is 38.3. The van der Waals surface area contributed by atoms with Gasteiger partial charge in [-0.15, -0.1) is 0 Å². The van der Waals surface area contributed by atoms with Crippen molar-refractivity contribution >= 4 is 11.8 Å². The highest BCUT2D eigenvalue weighted by Gasteiger charge is 2.30. The molecule has 2 amide bonds. The number of hydrogen-bond acceptors (Lipinski definition) is 2. The Morgan fingerprint density at radius 2 is 1.62 bits per heavy atom. The Labute approximate surface area is 167 Å². The molecule has 2 aromatic carbocycles. The van der Waals surface area contributed by atoms with Crippen LogP contribution in [-0.4, -0.2) is 29.8 Å². The second-order valence-electron chi connectivity index (χ2n) is 7.20. The summed E-state index contributed by atoms with van der Waals surface area (Å²) in [5.74, 6) is -0.345. The Bertz CT molecular complexity index is 857. The standard InChI is InChI=1S/C22H23F3N2O2/c23-22(24,25)19-6-4-5-17(13-19)14-20(28)26-15-16-7-9-18(10-8-16)21(29)27-11-2-1-3-12-27/h4-10,13H,1-3,11-12,14-15H2,(H,26,28). The molecule has 1 fully saturated rings. The lowest BCUT2D eigenvalue weighted by molar-refractivity contribution is -0.137. The third-order valence-corrected chi connectivity index (χ3v) is 4.95. The fourth-order valence-corrected chi connectivity index (χ4v) is 3.35. The van der Waals surface area contributed by atoms with Crippen molar-refractivity contribution in [3.8, 4) is 0 Å². The van der Waals surface area contributed by atoms with E-state index in [0.29, 0.717) is 11.1 Å². The van der Waals surface area contributed by atoms with Crippen molar-refractivity contribution < 1.29 is 22.8 Å². The normalized spacial score (nSPS) is 14.5. The van der Waals surface area contributed by atoms with E-state index in [2.05, 4.69) is 5.32 Å². The van der Waals surface area contributed by atoms with Crippen LogP contribution in [0, 0.1) is 0 Å². The summed E-state index contributed by atoms with van der Waals surface area (Å²) in [5.41, 5.74) is 0.972. The summed E-state index contributed by atoms with van der Waals surface area (Å²) >= 11 is 0. The second kappa shape index (κ2) is 9.11. The lowest BCUT2D eigenvalue weighted by atomic mass is 10.1. The number of carbonyl (C=O) groups excluding carboxylic acids is 2. The minimum Gasteiger partial charge on any atom is -0.352 e. The van der Waals surface area contributed by atoms with E-state index in [0.717, 1.165) is 50.0 Å². The number of benzene rings is 2. The Hall–Kier alpha value is -2.83.